The van der Waals surface area contributed by atoms with Crippen LogP contribution in [0.3, 0.4) is 0 Å². The molecule has 0 heterocycles. The minimum absolute atomic E-state index is 0.479. The highest BCUT2D eigenvalue weighted by molar-refractivity contribution is 9.10. The molecule has 0 aliphatic carbocycles. The molecule has 2 aromatic rings. The van der Waals surface area contributed by atoms with E-state index < -0.39 is 6.10 Å². The third kappa shape index (κ3) is 3.83. The Morgan fingerprint density at radius 2 is 1.67 bits per heavy atom. The molecule has 2 N–H and O–H groups in total. The first-order valence-corrected chi connectivity index (χ1v) is 7.17. The number of anilines is 1. The van der Waals surface area contributed by atoms with Crippen LogP contribution in [-0.4, -0.2) is 11.7 Å². The Kier molecular flexibility index (Phi) is 4.80. The lowest BCUT2D eigenvalue weighted by Gasteiger charge is -2.13. The van der Waals surface area contributed by atoms with Crippen molar-refractivity contribution in [2.24, 2.45) is 0 Å². The van der Waals surface area contributed by atoms with Crippen molar-refractivity contribution in [1.82, 2.24) is 0 Å². The summed E-state index contributed by atoms with van der Waals surface area (Å²) in [7, 11) is 0. The zero-order chi connectivity index (χ0) is 13.0. The molecule has 2 nitrogen and oxygen atoms in total. The van der Waals surface area contributed by atoms with Gasteiger partial charge >= 0.3 is 0 Å². The Morgan fingerprint density at radius 1 is 1.00 bits per heavy atom. The second-order valence-corrected chi connectivity index (χ2v) is 5.79. The number of rotatable bonds is 4. The van der Waals surface area contributed by atoms with Gasteiger partial charge in [-0.1, -0.05) is 50.1 Å². The van der Waals surface area contributed by atoms with Crippen LogP contribution in [0.2, 0.25) is 0 Å². The molecule has 0 aliphatic heterocycles. The van der Waals surface area contributed by atoms with Gasteiger partial charge in [0.05, 0.1) is 6.10 Å². The van der Waals surface area contributed by atoms with Gasteiger partial charge < -0.3 is 10.4 Å². The fourth-order valence-electron chi connectivity index (χ4n) is 1.64. The zero-order valence-electron chi connectivity index (χ0n) is 9.61. The third-order valence-electron chi connectivity index (χ3n) is 2.56. The third-order valence-corrected chi connectivity index (χ3v) is 3.54. The number of halogens is 2. The number of hydrogen-bond acceptors (Lipinski definition) is 2. The minimum atomic E-state index is -0.526. The van der Waals surface area contributed by atoms with E-state index in [-0.39, 0.29) is 0 Å². The fourth-order valence-corrected chi connectivity index (χ4v) is 2.46. The molecule has 0 aromatic heterocycles. The van der Waals surface area contributed by atoms with Crippen LogP contribution < -0.4 is 5.32 Å². The second kappa shape index (κ2) is 6.36. The van der Waals surface area contributed by atoms with E-state index in [0.29, 0.717) is 6.54 Å². The van der Waals surface area contributed by atoms with Crippen molar-refractivity contribution < 1.29 is 5.11 Å². The summed E-state index contributed by atoms with van der Waals surface area (Å²) in [6, 6.07) is 15.6. The van der Waals surface area contributed by atoms with Crippen molar-refractivity contribution in [3.63, 3.8) is 0 Å². The van der Waals surface area contributed by atoms with Crippen LogP contribution in [0.15, 0.2) is 57.5 Å². The quantitative estimate of drug-likeness (QED) is 0.838. The summed E-state index contributed by atoms with van der Waals surface area (Å²) in [5.74, 6) is 0. The van der Waals surface area contributed by atoms with Crippen molar-refractivity contribution in [3.05, 3.63) is 63.0 Å². The average molecular weight is 371 g/mol. The molecule has 0 saturated heterocycles. The summed E-state index contributed by atoms with van der Waals surface area (Å²) in [4.78, 5) is 0. The maximum absolute atomic E-state index is 10.1. The molecular weight excluding hydrogens is 358 g/mol. The SMILES string of the molecule is OC(CNc1cccc(Br)c1)c1cccc(Br)c1. The topological polar surface area (TPSA) is 32.3 Å². The monoisotopic (exact) mass is 369 g/mol. The summed E-state index contributed by atoms with van der Waals surface area (Å²) in [5.41, 5.74) is 1.88. The predicted molar refractivity (Wildman–Crippen MR) is 81.7 cm³/mol. The number of aliphatic hydroxyl groups is 1. The Labute approximate surface area is 123 Å². The van der Waals surface area contributed by atoms with Crippen LogP contribution in [0.5, 0.6) is 0 Å². The summed E-state index contributed by atoms with van der Waals surface area (Å²) < 4.78 is 1.99. The molecule has 1 unspecified atom stereocenters. The maximum Gasteiger partial charge on any atom is 0.0962 e. The molecule has 0 radical (unpaired) electrons. The predicted octanol–water partition coefficient (Wildman–Crippen LogP) is 4.36. The first-order chi connectivity index (χ1) is 8.65. The van der Waals surface area contributed by atoms with Crippen molar-refractivity contribution in [1.29, 1.82) is 0 Å². The maximum atomic E-state index is 10.1. The van der Waals surface area contributed by atoms with Gasteiger partial charge in [-0.15, -0.1) is 0 Å². The van der Waals surface area contributed by atoms with E-state index in [1.165, 1.54) is 0 Å². The fraction of sp³-hybridized carbons (Fsp3) is 0.143. The summed E-state index contributed by atoms with van der Waals surface area (Å²) in [6.07, 6.45) is -0.526. The van der Waals surface area contributed by atoms with Crippen molar-refractivity contribution in [2.75, 3.05) is 11.9 Å². The highest BCUT2D eigenvalue weighted by Crippen LogP contribution is 2.20. The van der Waals surface area contributed by atoms with Crippen LogP contribution in [0.25, 0.3) is 0 Å². The van der Waals surface area contributed by atoms with E-state index in [9.17, 15) is 5.11 Å². The van der Waals surface area contributed by atoms with Crippen molar-refractivity contribution in [3.8, 4) is 0 Å². The van der Waals surface area contributed by atoms with Gasteiger partial charge in [-0.2, -0.15) is 0 Å². The van der Waals surface area contributed by atoms with E-state index in [2.05, 4.69) is 37.2 Å². The first kappa shape index (κ1) is 13.6. The highest BCUT2D eigenvalue weighted by Gasteiger charge is 2.07. The molecule has 0 spiro atoms. The van der Waals surface area contributed by atoms with E-state index in [1.54, 1.807) is 0 Å². The molecule has 0 fully saturated rings. The standard InChI is InChI=1S/C14H13Br2NO/c15-11-4-1-3-10(7-11)14(18)9-17-13-6-2-5-12(16)8-13/h1-8,14,17-18H,9H2. The summed E-state index contributed by atoms with van der Waals surface area (Å²) in [5, 5.41) is 13.3. The van der Waals surface area contributed by atoms with Crippen LogP contribution in [-0.2, 0) is 0 Å². The lowest BCUT2D eigenvalue weighted by Crippen LogP contribution is -2.12. The Morgan fingerprint density at radius 3 is 2.33 bits per heavy atom. The smallest absolute Gasteiger partial charge is 0.0962 e. The number of benzene rings is 2. The molecule has 2 aromatic carbocycles. The number of nitrogens with one attached hydrogen (secondary N) is 1. The van der Waals surface area contributed by atoms with Gasteiger partial charge in [0, 0.05) is 21.2 Å². The summed E-state index contributed by atoms with van der Waals surface area (Å²) in [6.45, 7) is 0.479. The van der Waals surface area contributed by atoms with Gasteiger partial charge in [0.1, 0.15) is 0 Å². The molecule has 2 rings (SSSR count). The molecule has 94 valence electrons. The molecule has 4 heteroatoms. The van der Waals surface area contributed by atoms with E-state index in [4.69, 9.17) is 0 Å². The zero-order valence-corrected chi connectivity index (χ0v) is 12.8. The van der Waals surface area contributed by atoms with Gasteiger partial charge in [0.2, 0.25) is 0 Å². The molecule has 0 amide bonds. The molecule has 0 bridgehead atoms. The van der Waals surface area contributed by atoms with Gasteiger partial charge in [0.25, 0.3) is 0 Å². The van der Waals surface area contributed by atoms with Crippen molar-refractivity contribution in [2.45, 2.75) is 6.10 Å². The molecule has 0 aliphatic rings. The number of aliphatic hydroxyl groups excluding tert-OH is 1. The molecule has 0 saturated carbocycles. The van der Waals surface area contributed by atoms with Crippen LogP contribution in [0, 0.1) is 0 Å². The van der Waals surface area contributed by atoms with Crippen molar-refractivity contribution >= 4 is 37.5 Å². The molecule has 1 atom stereocenters. The number of hydrogen-bond donors (Lipinski definition) is 2. The lowest BCUT2D eigenvalue weighted by atomic mass is 10.1. The first-order valence-electron chi connectivity index (χ1n) is 5.58. The Hall–Kier alpha value is -0.840. The molecular formula is C14H13Br2NO. The van der Waals surface area contributed by atoms with Crippen LogP contribution in [0.4, 0.5) is 5.69 Å². The van der Waals surface area contributed by atoms with Gasteiger partial charge in [-0.25, -0.2) is 0 Å². The highest BCUT2D eigenvalue weighted by atomic mass is 79.9. The summed E-state index contributed by atoms with van der Waals surface area (Å²) >= 11 is 6.81. The van der Waals surface area contributed by atoms with Gasteiger partial charge in [-0.3, -0.25) is 0 Å². The lowest BCUT2D eigenvalue weighted by molar-refractivity contribution is 0.191. The average Bonchev–Trinajstić information content (AvgIpc) is 2.36. The second-order valence-electron chi connectivity index (χ2n) is 3.96. The molecule has 18 heavy (non-hydrogen) atoms. The van der Waals surface area contributed by atoms with Gasteiger partial charge in [-0.05, 0) is 35.9 Å². The Balaban J connectivity index is 1.98. The van der Waals surface area contributed by atoms with Gasteiger partial charge in [0.15, 0.2) is 0 Å². The van der Waals surface area contributed by atoms with E-state index in [1.807, 2.05) is 48.5 Å². The van der Waals surface area contributed by atoms with E-state index >= 15 is 0 Å². The minimum Gasteiger partial charge on any atom is -0.387 e. The largest absolute Gasteiger partial charge is 0.387 e. The van der Waals surface area contributed by atoms with Crippen LogP contribution in [0.1, 0.15) is 11.7 Å². The Bertz CT molecular complexity index is 531. The normalized spacial score (nSPS) is 12.2. The van der Waals surface area contributed by atoms with Crippen LogP contribution >= 0.6 is 31.9 Å². The van der Waals surface area contributed by atoms with E-state index in [0.717, 1.165) is 20.2 Å².